The van der Waals surface area contributed by atoms with E-state index >= 15 is 0 Å². The third kappa shape index (κ3) is 4.07. The molecule has 218 valence electrons. The lowest BCUT2D eigenvalue weighted by atomic mass is 9.95. The number of hydrogen-bond donors (Lipinski definition) is 1. The molecule has 9 nitrogen and oxygen atoms in total. The summed E-state index contributed by atoms with van der Waals surface area (Å²) in [7, 11) is 0. The Kier molecular flexibility index (Phi) is 6.14. The first-order valence-corrected chi connectivity index (χ1v) is 15.7. The molecule has 0 aliphatic carbocycles. The number of carbonyl (C=O) groups excluding carboxylic acids is 2. The molecule has 0 saturated carbocycles. The molecule has 5 aliphatic rings. The van der Waals surface area contributed by atoms with E-state index in [-0.39, 0.29) is 29.2 Å². The zero-order chi connectivity index (χ0) is 28.4. The number of carbonyl (C=O) groups is 2. The van der Waals surface area contributed by atoms with Crippen LogP contribution >= 0.6 is 0 Å². The molecule has 6 heterocycles. The van der Waals surface area contributed by atoms with Crippen molar-refractivity contribution in [1.82, 2.24) is 20.2 Å². The summed E-state index contributed by atoms with van der Waals surface area (Å²) in [5.74, 6) is -0.130. The van der Waals surface area contributed by atoms with E-state index in [9.17, 15) is 9.59 Å². The highest BCUT2D eigenvalue weighted by molar-refractivity contribution is 6.06. The number of aryl methyl sites for hydroxylation is 1. The zero-order valence-corrected chi connectivity index (χ0v) is 24.3. The summed E-state index contributed by atoms with van der Waals surface area (Å²) in [5.41, 5.74) is 4.78. The van der Waals surface area contributed by atoms with Crippen molar-refractivity contribution < 1.29 is 14.3 Å². The molecule has 0 spiro atoms. The molecule has 8 rings (SSSR count). The smallest absolute Gasteiger partial charge is 0.318 e. The summed E-state index contributed by atoms with van der Waals surface area (Å²) >= 11 is 0. The molecule has 4 saturated heterocycles. The fourth-order valence-electron chi connectivity index (χ4n) is 8.35. The van der Waals surface area contributed by atoms with E-state index in [4.69, 9.17) is 14.7 Å². The number of fused-ring (bicyclic) bond motifs is 4. The van der Waals surface area contributed by atoms with Crippen molar-refractivity contribution in [2.45, 2.75) is 57.5 Å². The van der Waals surface area contributed by atoms with Gasteiger partial charge in [-0.25, -0.2) is 0 Å². The molecule has 2 amide bonds. The van der Waals surface area contributed by atoms with E-state index in [0.717, 1.165) is 62.4 Å². The number of hydrogen-bond acceptors (Lipinski definition) is 8. The maximum atomic E-state index is 12.5. The molecule has 1 aromatic heterocycles. The average Bonchev–Trinajstić information content (AvgIpc) is 3.77. The van der Waals surface area contributed by atoms with Crippen molar-refractivity contribution in [3.05, 3.63) is 53.2 Å². The summed E-state index contributed by atoms with van der Waals surface area (Å²) in [4.78, 5) is 42.2. The van der Waals surface area contributed by atoms with E-state index in [1.807, 2.05) is 0 Å². The van der Waals surface area contributed by atoms with Crippen LogP contribution in [0, 0.1) is 11.8 Å². The summed E-state index contributed by atoms with van der Waals surface area (Å²) < 4.78 is 6.49. The Morgan fingerprint density at radius 2 is 1.69 bits per heavy atom. The summed E-state index contributed by atoms with van der Waals surface area (Å²) in [6.07, 6.45) is 6.51. The van der Waals surface area contributed by atoms with Gasteiger partial charge < -0.3 is 14.5 Å². The second-order valence-corrected chi connectivity index (χ2v) is 12.8. The summed E-state index contributed by atoms with van der Waals surface area (Å²) in [5, 5.41) is 5.08. The molecule has 5 aliphatic heterocycles. The maximum Gasteiger partial charge on any atom is 0.318 e. The second-order valence-electron chi connectivity index (χ2n) is 12.8. The number of imide groups is 1. The Labute approximate surface area is 246 Å². The number of nitrogens with one attached hydrogen (secondary N) is 1. The normalized spacial score (nSPS) is 24.7. The van der Waals surface area contributed by atoms with Gasteiger partial charge in [0.15, 0.2) is 0 Å². The van der Waals surface area contributed by atoms with Crippen molar-refractivity contribution in [3.63, 3.8) is 0 Å². The second kappa shape index (κ2) is 9.93. The van der Waals surface area contributed by atoms with Gasteiger partial charge in [-0.05, 0) is 68.6 Å². The highest BCUT2D eigenvalue weighted by Gasteiger charge is 2.49. The van der Waals surface area contributed by atoms with Gasteiger partial charge in [0.05, 0.1) is 29.6 Å². The Hall–Kier alpha value is -3.72. The minimum absolute atomic E-state index is 0.0974. The number of rotatable bonds is 6. The van der Waals surface area contributed by atoms with Crippen LogP contribution in [0.15, 0.2) is 36.4 Å². The third-order valence-electron chi connectivity index (χ3n) is 10.5. The third-order valence-corrected chi connectivity index (χ3v) is 10.5. The topological polar surface area (TPSA) is 90.9 Å². The molecular weight excluding hydrogens is 528 g/mol. The van der Waals surface area contributed by atoms with Gasteiger partial charge in [0.1, 0.15) is 12.4 Å². The number of anilines is 2. The summed E-state index contributed by atoms with van der Waals surface area (Å²) in [6, 6.07) is 13.5. The van der Waals surface area contributed by atoms with Crippen LogP contribution in [0.3, 0.4) is 0 Å². The average molecular weight is 567 g/mol. The van der Waals surface area contributed by atoms with Crippen LogP contribution in [0.4, 0.5) is 11.5 Å². The molecule has 0 radical (unpaired) electrons. The quantitative estimate of drug-likeness (QED) is 0.454. The predicted octanol–water partition coefficient (Wildman–Crippen LogP) is 3.47. The lowest BCUT2D eigenvalue weighted by molar-refractivity contribution is -0.126. The van der Waals surface area contributed by atoms with E-state index in [1.54, 1.807) is 0 Å². The van der Waals surface area contributed by atoms with Gasteiger partial charge in [-0.2, -0.15) is 9.97 Å². The largest absolute Gasteiger partial charge is 0.461 e. The SMILES string of the molecule is CCc1cccc2cccc(N3CCc4c(nc(OCC56CCCN5CCC6)nc4N4C[C@@H]5C(=O)NC(=O)[C@@H]5C4)C3)c12. The van der Waals surface area contributed by atoms with Crippen molar-refractivity contribution in [3.8, 4) is 6.01 Å². The zero-order valence-electron chi connectivity index (χ0n) is 24.3. The van der Waals surface area contributed by atoms with Gasteiger partial charge in [-0.3, -0.25) is 19.8 Å². The Bertz CT molecular complexity index is 1550. The van der Waals surface area contributed by atoms with Crippen molar-refractivity contribution >= 4 is 34.1 Å². The number of ether oxygens (including phenoxy) is 1. The van der Waals surface area contributed by atoms with Gasteiger partial charge >= 0.3 is 6.01 Å². The highest BCUT2D eigenvalue weighted by atomic mass is 16.5. The Morgan fingerprint density at radius 3 is 2.43 bits per heavy atom. The van der Waals surface area contributed by atoms with Crippen molar-refractivity contribution in [2.24, 2.45) is 11.8 Å². The van der Waals surface area contributed by atoms with E-state index in [0.29, 0.717) is 32.3 Å². The van der Waals surface area contributed by atoms with Crippen LogP contribution < -0.4 is 19.9 Å². The van der Waals surface area contributed by atoms with E-state index in [1.165, 1.54) is 34.9 Å². The molecule has 0 bridgehead atoms. The molecule has 0 unspecified atom stereocenters. The van der Waals surface area contributed by atoms with Crippen molar-refractivity contribution in [2.75, 3.05) is 49.1 Å². The van der Waals surface area contributed by atoms with Crippen LogP contribution in [-0.4, -0.2) is 71.6 Å². The molecule has 4 fully saturated rings. The van der Waals surface area contributed by atoms with Gasteiger partial charge in [-0.15, -0.1) is 0 Å². The first-order valence-electron chi connectivity index (χ1n) is 15.7. The van der Waals surface area contributed by atoms with Crippen LogP contribution in [0.1, 0.15) is 49.4 Å². The molecule has 3 aromatic rings. The van der Waals surface area contributed by atoms with Gasteiger partial charge in [0, 0.05) is 36.3 Å². The van der Waals surface area contributed by atoms with Gasteiger partial charge in [-0.1, -0.05) is 37.3 Å². The number of nitrogens with zero attached hydrogens (tertiary/aromatic N) is 5. The number of amides is 2. The highest BCUT2D eigenvalue weighted by Crippen LogP contribution is 2.41. The van der Waals surface area contributed by atoms with Crippen LogP contribution in [0.5, 0.6) is 6.01 Å². The lowest BCUT2D eigenvalue weighted by Gasteiger charge is -2.34. The molecular formula is C33H38N6O3. The van der Waals surface area contributed by atoms with E-state index in [2.05, 4.69) is 63.3 Å². The molecule has 2 aromatic carbocycles. The van der Waals surface area contributed by atoms with Crippen LogP contribution in [-0.2, 0) is 29.0 Å². The van der Waals surface area contributed by atoms with E-state index < -0.39 is 0 Å². The molecule has 1 N–H and O–H groups in total. The predicted molar refractivity (Wildman–Crippen MR) is 161 cm³/mol. The van der Waals surface area contributed by atoms with Crippen LogP contribution in [0.2, 0.25) is 0 Å². The molecule has 42 heavy (non-hydrogen) atoms. The minimum atomic E-state index is -0.319. The van der Waals surface area contributed by atoms with Crippen LogP contribution in [0.25, 0.3) is 10.8 Å². The minimum Gasteiger partial charge on any atom is -0.461 e. The molecule has 9 heteroatoms. The first-order chi connectivity index (χ1) is 20.5. The first kappa shape index (κ1) is 25.9. The van der Waals surface area contributed by atoms with Gasteiger partial charge in [0.25, 0.3) is 0 Å². The standard InChI is InChI=1S/C33H38N6O3/c1-2-21-7-3-8-22-9-4-10-27(28(21)22)37-16-11-23-26(19-37)34-32(42-20-33-12-5-14-39(33)15-6-13-33)35-29(23)38-17-24-25(18-38)31(41)36-30(24)40/h3-4,7-10,24-25H,2,5-6,11-20H2,1H3,(H,36,40,41)/t24-,25+. The molecule has 2 atom stereocenters. The fraction of sp³-hybridized carbons (Fsp3) is 0.515. The summed E-state index contributed by atoms with van der Waals surface area (Å²) in [6.45, 7) is 7.61. The maximum absolute atomic E-state index is 12.5. The number of benzene rings is 2. The lowest BCUT2D eigenvalue weighted by Crippen LogP contribution is -2.43. The Balaban J connectivity index is 1.15. The fourth-order valence-corrected chi connectivity index (χ4v) is 8.35. The van der Waals surface area contributed by atoms with Gasteiger partial charge in [0.2, 0.25) is 11.8 Å². The Morgan fingerprint density at radius 1 is 0.952 bits per heavy atom. The van der Waals surface area contributed by atoms with Crippen molar-refractivity contribution in [1.29, 1.82) is 0 Å². The monoisotopic (exact) mass is 566 g/mol. The number of aromatic nitrogens is 2.